The Bertz CT molecular complexity index is 1030. The van der Waals surface area contributed by atoms with Crippen LogP contribution in [0.25, 0.3) is 11.0 Å². The fourth-order valence-electron chi connectivity index (χ4n) is 2.29. The van der Waals surface area contributed by atoms with Crippen LogP contribution in [0.4, 0.5) is 32.6 Å². The Labute approximate surface area is 146 Å². The fraction of sp³-hybridized carbons (Fsp3) is 0.0625. The molecule has 0 bridgehead atoms. The zero-order valence-electron chi connectivity index (χ0n) is 13.0. The molecule has 140 valence electrons. The molecule has 0 saturated heterocycles. The van der Waals surface area contributed by atoms with Gasteiger partial charge in [0.15, 0.2) is 11.4 Å². The van der Waals surface area contributed by atoms with Crippen molar-refractivity contribution in [3.8, 4) is 0 Å². The molecule has 2 N–H and O–H groups in total. The van der Waals surface area contributed by atoms with Crippen LogP contribution in [0.5, 0.6) is 0 Å². The average molecular weight is 385 g/mol. The lowest BCUT2D eigenvalue weighted by molar-refractivity contribution is -0.137. The molecule has 3 aromatic rings. The molecule has 0 fully saturated rings. The number of anilines is 1. The first-order valence-corrected chi connectivity index (χ1v) is 7.20. The van der Waals surface area contributed by atoms with Gasteiger partial charge in [0, 0.05) is 0 Å². The van der Waals surface area contributed by atoms with Crippen LogP contribution in [0, 0.1) is 11.6 Å². The van der Waals surface area contributed by atoms with Crippen LogP contribution >= 0.6 is 0 Å². The minimum Gasteiger partial charge on any atom is -0.353 e. The van der Waals surface area contributed by atoms with E-state index in [-0.39, 0.29) is 5.39 Å². The minimum atomic E-state index is -4.71. The van der Waals surface area contributed by atoms with Gasteiger partial charge in [-0.15, -0.1) is 0 Å². The Balaban J connectivity index is 1.82. The third kappa shape index (κ3) is 3.57. The lowest BCUT2D eigenvalue weighted by Crippen LogP contribution is -2.35. The molecule has 0 unspecified atom stereocenters. The van der Waals surface area contributed by atoms with E-state index in [1.54, 1.807) is 5.32 Å². The molecule has 3 rings (SSSR count). The normalized spacial score (nSPS) is 11.4. The number of carbonyl (C=O) groups excluding carboxylic acids is 2. The zero-order chi connectivity index (χ0) is 19.8. The smallest absolute Gasteiger partial charge is 0.353 e. The van der Waals surface area contributed by atoms with E-state index in [9.17, 15) is 31.5 Å². The maximum absolute atomic E-state index is 13.5. The van der Waals surface area contributed by atoms with E-state index in [2.05, 4.69) is 9.68 Å². The highest BCUT2D eigenvalue weighted by molar-refractivity contribution is 6.09. The van der Waals surface area contributed by atoms with Crippen LogP contribution in [0.1, 0.15) is 15.9 Å². The van der Waals surface area contributed by atoms with Crippen LogP contribution in [0.15, 0.2) is 40.9 Å². The van der Waals surface area contributed by atoms with Crippen LogP contribution in [-0.4, -0.2) is 17.1 Å². The number of urea groups is 1. The number of amides is 3. The quantitative estimate of drug-likeness (QED) is 0.651. The zero-order valence-corrected chi connectivity index (χ0v) is 13.0. The Morgan fingerprint density at radius 3 is 2.26 bits per heavy atom. The van der Waals surface area contributed by atoms with Gasteiger partial charge in [-0.2, -0.15) is 13.2 Å². The maximum Gasteiger partial charge on any atom is 0.420 e. The third-order valence-electron chi connectivity index (χ3n) is 3.45. The van der Waals surface area contributed by atoms with E-state index in [0.29, 0.717) is 0 Å². The topological polar surface area (TPSA) is 84.2 Å². The van der Waals surface area contributed by atoms with E-state index in [0.717, 1.165) is 30.3 Å². The molecule has 0 saturated carbocycles. The molecule has 0 radical (unpaired) electrons. The van der Waals surface area contributed by atoms with Crippen molar-refractivity contribution in [3.05, 3.63) is 59.2 Å². The fourth-order valence-corrected chi connectivity index (χ4v) is 2.29. The second-order valence-corrected chi connectivity index (χ2v) is 5.22. The number of benzene rings is 2. The molecular weight excluding hydrogens is 377 g/mol. The standard InChI is InChI=1S/C16H8F5N3O3/c17-9-5-2-6-10(18)11(9)14(25)23-15(26)22-13-7-3-1-4-8(16(19,20)21)12(7)27-24-13/h1-6H,(H2,22,23,24,25,26). The lowest BCUT2D eigenvalue weighted by atomic mass is 10.1. The van der Waals surface area contributed by atoms with Gasteiger partial charge in [0.2, 0.25) is 0 Å². The Kier molecular flexibility index (Phi) is 4.52. The number of aromatic nitrogens is 1. The van der Waals surface area contributed by atoms with Crippen molar-refractivity contribution in [2.24, 2.45) is 0 Å². The summed E-state index contributed by atoms with van der Waals surface area (Å²) in [6.45, 7) is 0. The second-order valence-electron chi connectivity index (χ2n) is 5.22. The van der Waals surface area contributed by atoms with Gasteiger partial charge in [-0.25, -0.2) is 13.6 Å². The van der Waals surface area contributed by atoms with Gasteiger partial charge >= 0.3 is 12.2 Å². The number of rotatable bonds is 2. The van der Waals surface area contributed by atoms with Gasteiger partial charge in [-0.1, -0.05) is 17.3 Å². The molecule has 0 aliphatic heterocycles. The Morgan fingerprint density at radius 1 is 1.00 bits per heavy atom. The van der Waals surface area contributed by atoms with Crippen molar-refractivity contribution in [2.45, 2.75) is 6.18 Å². The molecule has 27 heavy (non-hydrogen) atoms. The molecule has 2 aromatic carbocycles. The summed E-state index contributed by atoms with van der Waals surface area (Å²) in [6.07, 6.45) is -4.71. The monoisotopic (exact) mass is 385 g/mol. The number of carbonyl (C=O) groups is 2. The number of para-hydroxylation sites is 1. The van der Waals surface area contributed by atoms with Crippen molar-refractivity contribution in [1.82, 2.24) is 10.5 Å². The number of nitrogens with one attached hydrogen (secondary N) is 2. The molecule has 0 atom stereocenters. The molecule has 1 aromatic heterocycles. The van der Waals surface area contributed by atoms with Crippen LogP contribution in [0.2, 0.25) is 0 Å². The van der Waals surface area contributed by atoms with Crippen molar-refractivity contribution in [3.63, 3.8) is 0 Å². The maximum atomic E-state index is 13.5. The van der Waals surface area contributed by atoms with E-state index < -0.39 is 52.3 Å². The number of alkyl halides is 3. The summed E-state index contributed by atoms with van der Waals surface area (Å²) in [5, 5.41) is 6.79. The van der Waals surface area contributed by atoms with Gasteiger partial charge in [0.25, 0.3) is 5.91 Å². The third-order valence-corrected chi connectivity index (χ3v) is 3.45. The lowest BCUT2D eigenvalue weighted by Gasteiger charge is -2.07. The summed E-state index contributed by atoms with van der Waals surface area (Å²) in [6, 6.07) is 4.44. The molecular formula is C16H8F5N3O3. The molecule has 1 heterocycles. The van der Waals surface area contributed by atoms with Gasteiger partial charge in [0.05, 0.1) is 5.39 Å². The molecule has 0 aliphatic rings. The number of halogens is 5. The Morgan fingerprint density at radius 2 is 1.63 bits per heavy atom. The van der Waals surface area contributed by atoms with Crippen LogP contribution < -0.4 is 10.6 Å². The van der Waals surface area contributed by atoms with Crippen LogP contribution in [-0.2, 0) is 6.18 Å². The summed E-state index contributed by atoms with van der Waals surface area (Å²) >= 11 is 0. The average Bonchev–Trinajstić information content (AvgIpc) is 2.96. The summed E-state index contributed by atoms with van der Waals surface area (Å²) < 4.78 is 70.4. The second kappa shape index (κ2) is 6.67. The number of hydrogen-bond acceptors (Lipinski definition) is 4. The van der Waals surface area contributed by atoms with E-state index >= 15 is 0 Å². The number of hydrogen-bond donors (Lipinski definition) is 2. The number of fused-ring (bicyclic) bond motifs is 1. The first-order valence-electron chi connectivity index (χ1n) is 7.20. The predicted octanol–water partition coefficient (Wildman–Crippen LogP) is 4.09. The van der Waals surface area contributed by atoms with E-state index in [4.69, 9.17) is 0 Å². The largest absolute Gasteiger partial charge is 0.420 e. The van der Waals surface area contributed by atoms with Gasteiger partial charge < -0.3 is 4.52 Å². The minimum absolute atomic E-state index is 0.176. The number of imide groups is 1. The molecule has 11 heteroatoms. The SMILES string of the molecule is O=C(NC(=O)c1c(F)cccc1F)Nc1noc2c(C(F)(F)F)cccc12. The van der Waals surface area contributed by atoms with E-state index in [1.807, 2.05) is 5.32 Å². The van der Waals surface area contributed by atoms with Gasteiger partial charge in [-0.3, -0.25) is 15.4 Å². The number of nitrogens with zero attached hydrogens (tertiary/aromatic N) is 1. The highest BCUT2D eigenvalue weighted by Gasteiger charge is 2.35. The molecule has 0 aliphatic carbocycles. The van der Waals surface area contributed by atoms with Crippen molar-refractivity contribution in [1.29, 1.82) is 0 Å². The molecule has 6 nitrogen and oxygen atoms in total. The highest BCUT2D eigenvalue weighted by Crippen LogP contribution is 2.36. The van der Waals surface area contributed by atoms with Gasteiger partial charge in [-0.05, 0) is 24.3 Å². The first kappa shape index (κ1) is 18.3. The van der Waals surface area contributed by atoms with Crippen molar-refractivity contribution in [2.75, 3.05) is 5.32 Å². The van der Waals surface area contributed by atoms with Gasteiger partial charge in [0.1, 0.15) is 22.8 Å². The summed E-state index contributed by atoms with van der Waals surface area (Å²) in [4.78, 5) is 23.7. The molecule has 0 spiro atoms. The summed E-state index contributed by atoms with van der Waals surface area (Å²) in [5.74, 6) is -4.17. The van der Waals surface area contributed by atoms with Crippen molar-refractivity contribution >= 4 is 28.7 Å². The first-order chi connectivity index (χ1) is 12.7. The molecule has 3 amide bonds. The summed E-state index contributed by atoms with van der Waals surface area (Å²) in [7, 11) is 0. The van der Waals surface area contributed by atoms with E-state index in [1.165, 1.54) is 6.07 Å². The Hall–Kier alpha value is -3.50. The van der Waals surface area contributed by atoms with Crippen molar-refractivity contribution < 1.29 is 36.1 Å². The summed E-state index contributed by atoms with van der Waals surface area (Å²) in [5.41, 5.74) is -2.71. The van der Waals surface area contributed by atoms with Crippen LogP contribution in [0.3, 0.4) is 0 Å². The predicted molar refractivity (Wildman–Crippen MR) is 81.9 cm³/mol. The highest BCUT2D eigenvalue weighted by atomic mass is 19.4.